The van der Waals surface area contributed by atoms with Crippen LogP contribution in [-0.2, 0) is 11.3 Å². The summed E-state index contributed by atoms with van der Waals surface area (Å²) in [5.74, 6) is -0.0589. The zero-order valence-corrected chi connectivity index (χ0v) is 12.5. The standard InChI is InChI=1S/C17H19NO3/c1-12-10-15(19)8-9-16(12)18(2)11-13-4-6-14(7-5-13)17(20)21-3/h4-10,19H,11H2,1-3H3. The molecule has 110 valence electrons. The molecule has 0 spiro atoms. The highest BCUT2D eigenvalue weighted by molar-refractivity contribution is 5.89. The number of anilines is 1. The lowest BCUT2D eigenvalue weighted by Crippen LogP contribution is -2.17. The second kappa shape index (κ2) is 6.31. The van der Waals surface area contributed by atoms with E-state index in [9.17, 15) is 9.90 Å². The number of aromatic hydroxyl groups is 1. The SMILES string of the molecule is COC(=O)c1ccc(CN(C)c2ccc(O)cc2C)cc1. The number of phenols is 1. The van der Waals surface area contributed by atoms with Crippen molar-refractivity contribution in [1.82, 2.24) is 0 Å². The van der Waals surface area contributed by atoms with E-state index in [-0.39, 0.29) is 11.7 Å². The van der Waals surface area contributed by atoms with E-state index >= 15 is 0 Å². The lowest BCUT2D eigenvalue weighted by Gasteiger charge is -2.21. The molecule has 0 aliphatic rings. The van der Waals surface area contributed by atoms with Gasteiger partial charge in [-0.05, 0) is 48.4 Å². The van der Waals surface area contributed by atoms with Crippen LogP contribution >= 0.6 is 0 Å². The summed E-state index contributed by atoms with van der Waals surface area (Å²) >= 11 is 0. The molecule has 0 saturated heterocycles. The Kier molecular flexibility index (Phi) is 4.48. The largest absolute Gasteiger partial charge is 0.508 e. The van der Waals surface area contributed by atoms with Gasteiger partial charge in [0.1, 0.15) is 5.75 Å². The lowest BCUT2D eigenvalue weighted by molar-refractivity contribution is 0.0600. The van der Waals surface area contributed by atoms with Crippen molar-refractivity contribution in [3.8, 4) is 5.75 Å². The number of esters is 1. The van der Waals surface area contributed by atoms with Crippen molar-refractivity contribution in [2.24, 2.45) is 0 Å². The molecule has 0 amide bonds. The van der Waals surface area contributed by atoms with Gasteiger partial charge in [0.25, 0.3) is 0 Å². The van der Waals surface area contributed by atoms with E-state index in [1.165, 1.54) is 7.11 Å². The number of methoxy groups -OCH3 is 1. The monoisotopic (exact) mass is 285 g/mol. The Morgan fingerprint density at radius 2 is 1.86 bits per heavy atom. The predicted octanol–water partition coefficient (Wildman–Crippen LogP) is 3.12. The van der Waals surface area contributed by atoms with E-state index in [1.807, 2.05) is 32.2 Å². The van der Waals surface area contributed by atoms with Gasteiger partial charge in [0.2, 0.25) is 0 Å². The molecule has 4 nitrogen and oxygen atoms in total. The summed E-state index contributed by atoms with van der Waals surface area (Å²) in [6.45, 7) is 2.68. The first-order valence-electron chi connectivity index (χ1n) is 6.69. The van der Waals surface area contributed by atoms with Crippen LogP contribution in [-0.4, -0.2) is 25.2 Å². The third kappa shape index (κ3) is 3.54. The van der Waals surface area contributed by atoms with Gasteiger partial charge in [0, 0.05) is 19.3 Å². The fraction of sp³-hybridized carbons (Fsp3) is 0.235. The highest BCUT2D eigenvalue weighted by Crippen LogP contribution is 2.24. The molecule has 0 aliphatic carbocycles. The number of carbonyl (C=O) groups is 1. The molecule has 0 aliphatic heterocycles. The molecule has 2 aromatic rings. The molecule has 0 bridgehead atoms. The van der Waals surface area contributed by atoms with E-state index in [1.54, 1.807) is 24.3 Å². The number of hydrogen-bond donors (Lipinski definition) is 1. The molecule has 0 atom stereocenters. The van der Waals surface area contributed by atoms with Crippen LogP contribution in [0.4, 0.5) is 5.69 Å². The van der Waals surface area contributed by atoms with Gasteiger partial charge >= 0.3 is 5.97 Å². The van der Waals surface area contributed by atoms with Crippen LogP contribution in [0.25, 0.3) is 0 Å². The quantitative estimate of drug-likeness (QED) is 0.877. The number of benzene rings is 2. The number of ether oxygens (including phenoxy) is 1. The van der Waals surface area contributed by atoms with Crippen LogP contribution in [0, 0.1) is 6.92 Å². The summed E-state index contributed by atoms with van der Waals surface area (Å²) < 4.78 is 4.68. The first kappa shape index (κ1) is 14.9. The van der Waals surface area contributed by atoms with Crippen molar-refractivity contribution < 1.29 is 14.6 Å². The molecular weight excluding hydrogens is 266 g/mol. The van der Waals surface area contributed by atoms with Crippen LogP contribution in [0.1, 0.15) is 21.5 Å². The minimum Gasteiger partial charge on any atom is -0.508 e. The topological polar surface area (TPSA) is 49.8 Å². The fourth-order valence-electron chi connectivity index (χ4n) is 2.29. The summed E-state index contributed by atoms with van der Waals surface area (Å²) in [6, 6.07) is 12.7. The minimum absolute atomic E-state index is 0.270. The van der Waals surface area contributed by atoms with Gasteiger partial charge in [0.05, 0.1) is 12.7 Å². The van der Waals surface area contributed by atoms with Crippen molar-refractivity contribution in [3.05, 3.63) is 59.2 Å². The second-order valence-corrected chi connectivity index (χ2v) is 5.02. The van der Waals surface area contributed by atoms with Crippen molar-refractivity contribution in [2.45, 2.75) is 13.5 Å². The van der Waals surface area contributed by atoms with E-state index in [2.05, 4.69) is 9.64 Å². The van der Waals surface area contributed by atoms with E-state index in [0.717, 1.165) is 16.8 Å². The lowest BCUT2D eigenvalue weighted by atomic mass is 10.1. The Hall–Kier alpha value is -2.49. The number of hydrogen-bond acceptors (Lipinski definition) is 4. The molecule has 0 aromatic heterocycles. The van der Waals surface area contributed by atoms with Crippen molar-refractivity contribution >= 4 is 11.7 Å². The van der Waals surface area contributed by atoms with Crippen LogP contribution in [0.3, 0.4) is 0 Å². The Balaban J connectivity index is 2.12. The van der Waals surface area contributed by atoms with Gasteiger partial charge in [-0.15, -0.1) is 0 Å². The summed E-state index contributed by atoms with van der Waals surface area (Å²) in [5.41, 5.74) is 3.72. The summed E-state index contributed by atoms with van der Waals surface area (Å²) in [6.07, 6.45) is 0. The van der Waals surface area contributed by atoms with Gasteiger partial charge in [-0.25, -0.2) is 4.79 Å². The number of nitrogens with zero attached hydrogens (tertiary/aromatic N) is 1. The summed E-state index contributed by atoms with van der Waals surface area (Å²) in [5, 5.41) is 9.45. The Morgan fingerprint density at radius 3 is 2.43 bits per heavy atom. The number of rotatable bonds is 4. The van der Waals surface area contributed by atoms with Crippen molar-refractivity contribution in [1.29, 1.82) is 0 Å². The maximum absolute atomic E-state index is 11.4. The molecule has 4 heteroatoms. The number of aryl methyl sites for hydroxylation is 1. The van der Waals surface area contributed by atoms with Crippen LogP contribution in [0.2, 0.25) is 0 Å². The van der Waals surface area contributed by atoms with E-state index in [4.69, 9.17) is 0 Å². The summed E-state index contributed by atoms with van der Waals surface area (Å²) in [4.78, 5) is 13.5. The van der Waals surface area contributed by atoms with Gasteiger partial charge in [0.15, 0.2) is 0 Å². The number of phenolic OH excluding ortho intramolecular Hbond substituents is 1. The van der Waals surface area contributed by atoms with Gasteiger partial charge in [-0.3, -0.25) is 0 Å². The zero-order valence-electron chi connectivity index (χ0n) is 12.5. The van der Waals surface area contributed by atoms with Crippen molar-refractivity contribution in [3.63, 3.8) is 0 Å². The molecule has 0 unspecified atom stereocenters. The minimum atomic E-state index is -0.329. The van der Waals surface area contributed by atoms with Crippen LogP contribution in [0.15, 0.2) is 42.5 Å². The maximum Gasteiger partial charge on any atom is 0.337 e. The highest BCUT2D eigenvalue weighted by atomic mass is 16.5. The van der Waals surface area contributed by atoms with Gasteiger partial charge in [-0.1, -0.05) is 12.1 Å². The van der Waals surface area contributed by atoms with Crippen LogP contribution < -0.4 is 4.90 Å². The fourth-order valence-corrected chi connectivity index (χ4v) is 2.29. The predicted molar refractivity (Wildman–Crippen MR) is 82.7 cm³/mol. The molecular formula is C17H19NO3. The molecule has 0 fully saturated rings. The van der Waals surface area contributed by atoms with E-state index < -0.39 is 0 Å². The Bertz CT molecular complexity index is 635. The maximum atomic E-state index is 11.4. The van der Waals surface area contributed by atoms with Gasteiger partial charge < -0.3 is 14.7 Å². The third-order valence-electron chi connectivity index (χ3n) is 3.39. The Labute approximate surface area is 124 Å². The Morgan fingerprint density at radius 1 is 1.19 bits per heavy atom. The van der Waals surface area contributed by atoms with Gasteiger partial charge in [-0.2, -0.15) is 0 Å². The molecule has 0 radical (unpaired) electrons. The molecule has 2 rings (SSSR count). The molecule has 1 N–H and O–H groups in total. The van der Waals surface area contributed by atoms with E-state index in [0.29, 0.717) is 12.1 Å². The molecule has 0 heterocycles. The average molecular weight is 285 g/mol. The zero-order chi connectivity index (χ0) is 15.4. The normalized spacial score (nSPS) is 10.2. The molecule has 21 heavy (non-hydrogen) atoms. The second-order valence-electron chi connectivity index (χ2n) is 5.02. The molecule has 2 aromatic carbocycles. The smallest absolute Gasteiger partial charge is 0.337 e. The summed E-state index contributed by atoms with van der Waals surface area (Å²) in [7, 11) is 3.37. The highest BCUT2D eigenvalue weighted by Gasteiger charge is 2.08. The van der Waals surface area contributed by atoms with Crippen molar-refractivity contribution in [2.75, 3.05) is 19.1 Å². The number of carbonyl (C=O) groups excluding carboxylic acids is 1. The van der Waals surface area contributed by atoms with Crippen LogP contribution in [0.5, 0.6) is 5.75 Å². The first-order chi connectivity index (χ1) is 10.0. The average Bonchev–Trinajstić information content (AvgIpc) is 2.47. The molecule has 0 saturated carbocycles. The first-order valence-corrected chi connectivity index (χ1v) is 6.69. The third-order valence-corrected chi connectivity index (χ3v) is 3.39.